The van der Waals surface area contributed by atoms with Crippen LogP contribution in [-0.4, -0.2) is 9.94 Å². The van der Waals surface area contributed by atoms with E-state index in [-0.39, 0.29) is 5.56 Å². The van der Waals surface area contributed by atoms with Crippen LogP contribution in [0.2, 0.25) is 0 Å². The van der Waals surface area contributed by atoms with Gasteiger partial charge < -0.3 is 5.21 Å². The molecular formula is C11H17NO2. The maximum atomic E-state index is 11.6. The van der Waals surface area contributed by atoms with Crippen LogP contribution < -0.4 is 5.56 Å². The molecule has 0 fully saturated rings. The number of rotatable bonds is 3. The molecule has 1 aromatic rings. The van der Waals surface area contributed by atoms with Crippen molar-refractivity contribution >= 4 is 0 Å². The molecule has 1 aromatic heterocycles. The second-order valence-corrected chi connectivity index (χ2v) is 3.67. The van der Waals surface area contributed by atoms with Crippen molar-refractivity contribution in [1.29, 1.82) is 0 Å². The van der Waals surface area contributed by atoms with Gasteiger partial charge in [-0.05, 0) is 38.3 Å². The van der Waals surface area contributed by atoms with Crippen LogP contribution in [0.15, 0.2) is 10.9 Å². The van der Waals surface area contributed by atoms with Crippen LogP contribution in [0.4, 0.5) is 0 Å². The molecule has 0 aliphatic carbocycles. The quantitative estimate of drug-likeness (QED) is 0.750. The lowest BCUT2D eigenvalue weighted by Crippen LogP contribution is -2.24. The lowest BCUT2D eigenvalue weighted by molar-refractivity contribution is 0.167. The summed E-state index contributed by atoms with van der Waals surface area (Å²) in [4.78, 5) is 11.6. The summed E-state index contributed by atoms with van der Waals surface area (Å²) in [6, 6.07) is 1.84. The van der Waals surface area contributed by atoms with Crippen LogP contribution >= 0.6 is 0 Å². The fraction of sp³-hybridized carbons (Fsp3) is 0.545. The Morgan fingerprint density at radius 3 is 2.64 bits per heavy atom. The van der Waals surface area contributed by atoms with Gasteiger partial charge in [0.05, 0.1) is 5.69 Å². The molecule has 0 radical (unpaired) electrons. The molecule has 0 aliphatic heterocycles. The van der Waals surface area contributed by atoms with Gasteiger partial charge in [-0.2, -0.15) is 4.73 Å². The molecule has 0 aliphatic rings. The third-order valence-electron chi connectivity index (χ3n) is 2.47. The molecule has 14 heavy (non-hydrogen) atoms. The van der Waals surface area contributed by atoms with Gasteiger partial charge in [-0.1, -0.05) is 13.3 Å². The molecule has 1 heterocycles. The van der Waals surface area contributed by atoms with Gasteiger partial charge in [0.25, 0.3) is 5.56 Å². The first-order valence-electron chi connectivity index (χ1n) is 4.99. The first kappa shape index (κ1) is 10.8. The molecule has 0 saturated carbocycles. The average Bonchev–Trinajstić information content (AvgIpc) is 2.14. The van der Waals surface area contributed by atoms with E-state index < -0.39 is 0 Å². The molecule has 0 atom stereocenters. The Kier molecular flexibility index (Phi) is 3.33. The lowest BCUT2D eigenvalue weighted by Gasteiger charge is -2.08. The molecular weight excluding hydrogens is 178 g/mol. The first-order chi connectivity index (χ1) is 6.57. The van der Waals surface area contributed by atoms with E-state index in [4.69, 9.17) is 0 Å². The zero-order valence-electron chi connectivity index (χ0n) is 9.00. The Morgan fingerprint density at radius 1 is 1.43 bits per heavy atom. The highest BCUT2D eigenvalue weighted by Gasteiger charge is 2.08. The van der Waals surface area contributed by atoms with E-state index in [1.807, 2.05) is 13.0 Å². The number of hydrogen-bond donors (Lipinski definition) is 1. The molecule has 3 nitrogen and oxygen atoms in total. The molecule has 0 aromatic carbocycles. The minimum atomic E-state index is -0.268. The molecule has 78 valence electrons. The van der Waals surface area contributed by atoms with E-state index in [2.05, 4.69) is 6.92 Å². The smallest absolute Gasteiger partial charge is 0.286 e. The van der Waals surface area contributed by atoms with Crippen molar-refractivity contribution < 1.29 is 5.21 Å². The number of hydrogen-bond acceptors (Lipinski definition) is 2. The monoisotopic (exact) mass is 195 g/mol. The summed E-state index contributed by atoms with van der Waals surface area (Å²) in [5, 5.41) is 9.42. The Labute approximate surface area is 84.0 Å². The highest BCUT2D eigenvalue weighted by molar-refractivity contribution is 5.25. The highest BCUT2D eigenvalue weighted by Crippen LogP contribution is 2.08. The van der Waals surface area contributed by atoms with E-state index in [9.17, 15) is 10.0 Å². The van der Waals surface area contributed by atoms with Crippen molar-refractivity contribution in [3.63, 3.8) is 0 Å². The zero-order chi connectivity index (χ0) is 10.7. The topological polar surface area (TPSA) is 42.2 Å². The van der Waals surface area contributed by atoms with Crippen LogP contribution in [0.3, 0.4) is 0 Å². The highest BCUT2D eigenvalue weighted by atomic mass is 16.5. The van der Waals surface area contributed by atoms with Crippen LogP contribution in [0, 0.1) is 13.8 Å². The molecule has 0 unspecified atom stereocenters. The summed E-state index contributed by atoms with van der Waals surface area (Å²) in [6.45, 7) is 5.72. The maximum absolute atomic E-state index is 11.6. The summed E-state index contributed by atoms with van der Waals surface area (Å²) in [5.74, 6) is 0. The van der Waals surface area contributed by atoms with Crippen molar-refractivity contribution in [2.24, 2.45) is 0 Å². The van der Waals surface area contributed by atoms with Crippen molar-refractivity contribution in [1.82, 2.24) is 4.73 Å². The Hall–Kier alpha value is -1.25. The van der Waals surface area contributed by atoms with Gasteiger partial charge in [0, 0.05) is 5.56 Å². The van der Waals surface area contributed by atoms with E-state index >= 15 is 0 Å². The molecule has 1 N–H and O–H groups in total. The van der Waals surface area contributed by atoms with Gasteiger partial charge in [-0.15, -0.1) is 0 Å². The van der Waals surface area contributed by atoms with Crippen molar-refractivity contribution in [2.75, 3.05) is 0 Å². The molecule has 0 amide bonds. The van der Waals surface area contributed by atoms with Crippen molar-refractivity contribution in [2.45, 2.75) is 40.0 Å². The van der Waals surface area contributed by atoms with Gasteiger partial charge in [0.1, 0.15) is 0 Å². The predicted octanol–water partition coefficient (Wildman–Crippen LogP) is 2.05. The largest absolute Gasteiger partial charge is 0.425 e. The summed E-state index contributed by atoms with van der Waals surface area (Å²) in [7, 11) is 0. The summed E-state index contributed by atoms with van der Waals surface area (Å²) in [6.07, 6.45) is 2.79. The molecule has 0 spiro atoms. The van der Waals surface area contributed by atoms with Crippen LogP contribution in [-0.2, 0) is 6.42 Å². The average molecular weight is 195 g/mol. The van der Waals surface area contributed by atoms with E-state index in [0.29, 0.717) is 5.69 Å². The molecule has 0 saturated heterocycles. The van der Waals surface area contributed by atoms with Gasteiger partial charge in [-0.3, -0.25) is 4.79 Å². The standard InChI is InChI=1S/C11H17NO2/c1-4-5-6-10-8(2)7-9(3)12(14)11(10)13/h7,14H,4-6H2,1-3H3. The Morgan fingerprint density at radius 2 is 2.07 bits per heavy atom. The normalized spacial score (nSPS) is 10.5. The number of unbranched alkanes of at least 4 members (excludes halogenated alkanes) is 1. The van der Waals surface area contributed by atoms with E-state index in [0.717, 1.165) is 35.1 Å². The Bertz CT molecular complexity index is 380. The van der Waals surface area contributed by atoms with E-state index in [1.165, 1.54) is 0 Å². The van der Waals surface area contributed by atoms with Crippen LogP contribution in [0.5, 0.6) is 0 Å². The fourth-order valence-corrected chi connectivity index (χ4v) is 1.58. The minimum absolute atomic E-state index is 0.268. The minimum Gasteiger partial charge on any atom is -0.425 e. The van der Waals surface area contributed by atoms with Crippen molar-refractivity contribution in [3.05, 3.63) is 33.2 Å². The van der Waals surface area contributed by atoms with Crippen LogP contribution in [0.25, 0.3) is 0 Å². The third-order valence-corrected chi connectivity index (χ3v) is 2.47. The number of pyridine rings is 1. The second kappa shape index (κ2) is 4.31. The van der Waals surface area contributed by atoms with Crippen LogP contribution in [0.1, 0.15) is 36.6 Å². The molecule has 3 heteroatoms. The fourth-order valence-electron chi connectivity index (χ4n) is 1.58. The molecule has 1 rings (SSSR count). The third kappa shape index (κ3) is 1.97. The number of nitrogens with zero attached hydrogens (tertiary/aromatic N) is 1. The summed E-state index contributed by atoms with van der Waals surface area (Å²) < 4.78 is 0.734. The van der Waals surface area contributed by atoms with Gasteiger partial charge >= 0.3 is 0 Å². The first-order valence-corrected chi connectivity index (χ1v) is 4.99. The maximum Gasteiger partial charge on any atom is 0.286 e. The lowest BCUT2D eigenvalue weighted by atomic mass is 10.0. The van der Waals surface area contributed by atoms with Gasteiger partial charge in [-0.25, -0.2) is 0 Å². The SMILES string of the molecule is CCCCc1c(C)cc(C)n(O)c1=O. The molecule has 0 bridgehead atoms. The van der Waals surface area contributed by atoms with Gasteiger partial charge in [0.2, 0.25) is 0 Å². The Balaban J connectivity index is 3.16. The predicted molar refractivity (Wildman–Crippen MR) is 56.0 cm³/mol. The number of aryl methyl sites for hydroxylation is 2. The summed E-state index contributed by atoms with van der Waals surface area (Å²) >= 11 is 0. The zero-order valence-corrected chi connectivity index (χ0v) is 9.00. The summed E-state index contributed by atoms with van der Waals surface area (Å²) in [5.41, 5.74) is 2.04. The van der Waals surface area contributed by atoms with Crippen molar-refractivity contribution in [3.8, 4) is 0 Å². The van der Waals surface area contributed by atoms with Gasteiger partial charge in [0.15, 0.2) is 0 Å². The van der Waals surface area contributed by atoms with E-state index in [1.54, 1.807) is 6.92 Å². The number of aromatic nitrogens is 1. The second-order valence-electron chi connectivity index (χ2n) is 3.67.